The van der Waals surface area contributed by atoms with E-state index in [1.165, 1.54) is 31.3 Å². The number of rotatable bonds is 2. The second-order valence-corrected chi connectivity index (χ2v) is 9.45. The number of hydrogen-bond acceptors (Lipinski definition) is 3. The lowest BCUT2D eigenvalue weighted by Gasteiger charge is -2.59. The van der Waals surface area contributed by atoms with E-state index in [2.05, 4.69) is 13.8 Å². The van der Waals surface area contributed by atoms with Crippen molar-refractivity contribution in [3.05, 3.63) is 11.6 Å². The summed E-state index contributed by atoms with van der Waals surface area (Å²) >= 11 is 0. The summed E-state index contributed by atoms with van der Waals surface area (Å²) in [6.45, 7) is 5.07. The quantitative estimate of drug-likeness (QED) is 0.789. The zero-order valence-corrected chi connectivity index (χ0v) is 15.1. The minimum Gasteiger partial charge on any atom is -0.396 e. The zero-order valence-electron chi connectivity index (χ0n) is 15.1. The first-order valence-corrected chi connectivity index (χ1v) is 9.93. The molecule has 0 heterocycles. The van der Waals surface area contributed by atoms with Crippen molar-refractivity contribution in [1.29, 1.82) is 0 Å². The van der Waals surface area contributed by atoms with E-state index in [1.54, 1.807) is 0 Å². The molecule has 3 fully saturated rings. The molecule has 4 rings (SSSR count). The van der Waals surface area contributed by atoms with E-state index in [-0.39, 0.29) is 36.8 Å². The van der Waals surface area contributed by atoms with E-state index in [0.29, 0.717) is 36.5 Å². The standard InChI is InChI=1S/C21H32O3.CH4/c1-20-9-6-17-19(16(20)4-3-13(20)7-10-22)18(24)12-14-11-15(23)5-8-21(14,17)2;/h11,13,16-19,22,24H,3-10,12H2,1-2H3;1H4. The van der Waals surface area contributed by atoms with Crippen molar-refractivity contribution in [2.24, 2.45) is 34.5 Å². The maximum atomic E-state index is 11.9. The molecule has 2 N–H and O–H groups in total. The molecule has 3 heteroatoms. The van der Waals surface area contributed by atoms with Crippen molar-refractivity contribution >= 4 is 5.78 Å². The van der Waals surface area contributed by atoms with Crippen LogP contribution < -0.4 is 0 Å². The van der Waals surface area contributed by atoms with Crippen molar-refractivity contribution in [3.8, 4) is 0 Å². The maximum absolute atomic E-state index is 11.9. The fourth-order valence-electron chi connectivity index (χ4n) is 7.27. The Morgan fingerprint density at radius 2 is 1.92 bits per heavy atom. The largest absolute Gasteiger partial charge is 0.396 e. The van der Waals surface area contributed by atoms with Crippen LogP contribution in [-0.4, -0.2) is 28.7 Å². The van der Waals surface area contributed by atoms with Gasteiger partial charge >= 0.3 is 0 Å². The van der Waals surface area contributed by atoms with Gasteiger partial charge in [-0.05, 0) is 85.5 Å². The summed E-state index contributed by atoms with van der Waals surface area (Å²) in [5, 5.41) is 20.5. The molecule has 0 aromatic heterocycles. The Labute approximate surface area is 152 Å². The molecule has 7 unspecified atom stereocenters. The first-order chi connectivity index (χ1) is 11.4. The highest BCUT2D eigenvalue weighted by Gasteiger charge is 2.60. The molecule has 0 aliphatic heterocycles. The number of carbonyl (C=O) groups is 1. The predicted molar refractivity (Wildman–Crippen MR) is 100 cm³/mol. The van der Waals surface area contributed by atoms with Crippen molar-refractivity contribution in [2.75, 3.05) is 6.61 Å². The fourth-order valence-corrected chi connectivity index (χ4v) is 7.27. The third kappa shape index (κ3) is 2.65. The Morgan fingerprint density at radius 3 is 2.64 bits per heavy atom. The SMILES string of the molecule is C.CC12CCC(=O)C=C1CC(O)C1C2CCC2(C)C(CCO)CCC12. The number of ketones is 1. The predicted octanol–water partition coefficient (Wildman–Crippen LogP) is 4.12. The lowest BCUT2D eigenvalue weighted by molar-refractivity contribution is -0.123. The molecule has 4 aliphatic carbocycles. The Kier molecular flexibility index (Phi) is 4.96. The Balaban J connectivity index is 0.00000182. The average Bonchev–Trinajstić information content (AvgIpc) is 2.87. The summed E-state index contributed by atoms with van der Waals surface area (Å²) in [5.41, 5.74) is 1.63. The number of aliphatic hydroxyl groups is 2. The summed E-state index contributed by atoms with van der Waals surface area (Å²) < 4.78 is 0. The molecule has 0 aromatic carbocycles. The van der Waals surface area contributed by atoms with Gasteiger partial charge in [-0.25, -0.2) is 0 Å². The van der Waals surface area contributed by atoms with Crippen LogP contribution in [0.3, 0.4) is 0 Å². The molecule has 0 aromatic rings. The van der Waals surface area contributed by atoms with Gasteiger partial charge in [-0.1, -0.05) is 26.8 Å². The number of fused-ring (bicyclic) bond motifs is 5. The van der Waals surface area contributed by atoms with Crippen LogP contribution in [0.4, 0.5) is 0 Å². The van der Waals surface area contributed by atoms with Gasteiger partial charge in [0, 0.05) is 13.0 Å². The van der Waals surface area contributed by atoms with E-state index in [9.17, 15) is 15.0 Å². The molecule has 3 nitrogen and oxygen atoms in total. The van der Waals surface area contributed by atoms with Crippen LogP contribution in [0.2, 0.25) is 0 Å². The van der Waals surface area contributed by atoms with E-state index in [0.717, 1.165) is 12.8 Å². The highest BCUT2D eigenvalue weighted by Crippen LogP contribution is 2.66. The molecular weight excluding hydrogens is 312 g/mol. The second kappa shape index (κ2) is 6.49. The van der Waals surface area contributed by atoms with Crippen LogP contribution in [0.25, 0.3) is 0 Å². The third-order valence-electron chi connectivity index (χ3n) is 8.66. The minimum atomic E-state index is -0.294. The minimum absolute atomic E-state index is 0. The second-order valence-electron chi connectivity index (χ2n) is 9.45. The van der Waals surface area contributed by atoms with Crippen LogP contribution in [0.1, 0.15) is 72.6 Å². The van der Waals surface area contributed by atoms with E-state index in [1.807, 2.05) is 6.08 Å². The molecule has 0 radical (unpaired) electrons. The number of aliphatic hydroxyl groups excluding tert-OH is 2. The molecule has 0 amide bonds. The van der Waals surface area contributed by atoms with E-state index >= 15 is 0 Å². The average molecular weight is 349 g/mol. The molecule has 25 heavy (non-hydrogen) atoms. The van der Waals surface area contributed by atoms with Crippen LogP contribution in [-0.2, 0) is 4.79 Å². The molecule has 3 saturated carbocycles. The lowest BCUT2D eigenvalue weighted by atomic mass is 9.46. The Hall–Kier alpha value is -0.670. The monoisotopic (exact) mass is 348 g/mol. The lowest BCUT2D eigenvalue weighted by Crippen LogP contribution is -2.55. The van der Waals surface area contributed by atoms with Crippen molar-refractivity contribution in [2.45, 2.75) is 78.7 Å². The molecule has 7 atom stereocenters. The highest BCUT2D eigenvalue weighted by molar-refractivity contribution is 5.91. The van der Waals surface area contributed by atoms with Gasteiger partial charge in [-0.3, -0.25) is 4.79 Å². The maximum Gasteiger partial charge on any atom is 0.155 e. The number of carbonyl (C=O) groups excluding carboxylic acids is 1. The van der Waals surface area contributed by atoms with Crippen molar-refractivity contribution < 1.29 is 15.0 Å². The van der Waals surface area contributed by atoms with E-state index in [4.69, 9.17) is 0 Å². The van der Waals surface area contributed by atoms with Crippen LogP contribution in [0.15, 0.2) is 11.6 Å². The van der Waals surface area contributed by atoms with Crippen LogP contribution in [0.5, 0.6) is 0 Å². The van der Waals surface area contributed by atoms with Gasteiger partial charge in [0.15, 0.2) is 5.78 Å². The summed E-state index contributed by atoms with van der Waals surface area (Å²) in [7, 11) is 0. The van der Waals surface area contributed by atoms with Gasteiger partial charge in [-0.2, -0.15) is 0 Å². The molecule has 4 aliphatic rings. The Bertz CT molecular complexity index is 568. The van der Waals surface area contributed by atoms with Crippen LogP contribution in [0, 0.1) is 34.5 Å². The highest BCUT2D eigenvalue weighted by atomic mass is 16.3. The summed E-state index contributed by atoms with van der Waals surface area (Å²) in [5.74, 6) is 2.34. The molecule has 0 bridgehead atoms. The third-order valence-corrected chi connectivity index (χ3v) is 8.66. The summed E-state index contributed by atoms with van der Waals surface area (Å²) in [4.78, 5) is 11.9. The molecular formula is C22H36O3. The zero-order chi connectivity index (χ0) is 17.1. The van der Waals surface area contributed by atoms with E-state index < -0.39 is 0 Å². The topological polar surface area (TPSA) is 57.5 Å². The molecule has 0 spiro atoms. The summed E-state index contributed by atoms with van der Waals surface area (Å²) in [6.07, 6.45) is 9.61. The Morgan fingerprint density at radius 1 is 1.16 bits per heavy atom. The molecule has 0 saturated heterocycles. The normalized spacial score (nSPS) is 48.7. The molecule has 142 valence electrons. The van der Waals surface area contributed by atoms with Crippen molar-refractivity contribution in [3.63, 3.8) is 0 Å². The van der Waals surface area contributed by atoms with Crippen molar-refractivity contribution in [1.82, 2.24) is 0 Å². The van der Waals surface area contributed by atoms with Gasteiger partial charge in [0.25, 0.3) is 0 Å². The van der Waals surface area contributed by atoms with Crippen LogP contribution >= 0.6 is 0 Å². The number of hydrogen-bond donors (Lipinski definition) is 2. The fraction of sp³-hybridized carbons (Fsp3) is 0.864. The summed E-state index contributed by atoms with van der Waals surface area (Å²) in [6, 6.07) is 0. The van der Waals surface area contributed by atoms with Gasteiger partial charge in [0.1, 0.15) is 0 Å². The smallest absolute Gasteiger partial charge is 0.155 e. The van der Waals surface area contributed by atoms with Gasteiger partial charge in [0.2, 0.25) is 0 Å². The first kappa shape index (κ1) is 19.1. The van der Waals surface area contributed by atoms with Gasteiger partial charge < -0.3 is 10.2 Å². The first-order valence-electron chi connectivity index (χ1n) is 9.93. The van der Waals surface area contributed by atoms with Gasteiger partial charge in [0.05, 0.1) is 6.10 Å². The van der Waals surface area contributed by atoms with Gasteiger partial charge in [-0.15, -0.1) is 0 Å².